The average molecular weight is 187 g/mol. The molecule has 0 aliphatic carbocycles. The van der Waals surface area contributed by atoms with Gasteiger partial charge in [-0.05, 0) is 39.8 Å². The van der Waals surface area contributed by atoms with Gasteiger partial charge in [-0.25, -0.2) is 0 Å². The molecule has 13 heavy (non-hydrogen) atoms. The molecule has 0 aliphatic rings. The van der Waals surface area contributed by atoms with Crippen molar-refractivity contribution in [1.29, 1.82) is 0 Å². The summed E-state index contributed by atoms with van der Waals surface area (Å²) in [5.74, 6) is -0.134. The molecule has 3 nitrogen and oxygen atoms in total. The van der Waals surface area contributed by atoms with Crippen LogP contribution in [0.3, 0.4) is 0 Å². The Labute approximate surface area is 80.8 Å². The van der Waals surface area contributed by atoms with Crippen LogP contribution in [0, 0.1) is 5.41 Å². The average Bonchev–Trinajstić information content (AvgIpc) is 2.11. The summed E-state index contributed by atoms with van der Waals surface area (Å²) in [5.41, 5.74) is -0.366. The molecule has 0 unspecified atom stereocenters. The normalized spacial score (nSPS) is 11.4. The first-order chi connectivity index (χ1) is 6.04. The molecule has 3 heteroatoms. The van der Waals surface area contributed by atoms with E-state index in [0.29, 0.717) is 0 Å². The van der Waals surface area contributed by atoms with Gasteiger partial charge in [0, 0.05) is 0 Å². The second-order valence-electron chi connectivity index (χ2n) is 3.88. The van der Waals surface area contributed by atoms with Gasteiger partial charge in [0.05, 0.1) is 12.5 Å². The van der Waals surface area contributed by atoms with Gasteiger partial charge in [-0.15, -0.1) is 0 Å². The summed E-state index contributed by atoms with van der Waals surface area (Å²) in [4.78, 5) is 11.2. The van der Waals surface area contributed by atoms with Gasteiger partial charge in [-0.3, -0.25) is 4.79 Å². The molecule has 0 bridgehead atoms. The van der Waals surface area contributed by atoms with Crippen molar-refractivity contribution >= 4 is 5.97 Å². The predicted molar refractivity (Wildman–Crippen MR) is 53.6 cm³/mol. The molecule has 0 fully saturated rings. The summed E-state index contributed by atoms with van der Waals surface area (Å²) >= 11 is 0. The molecule has 0 saturated carbocycles. The Balaban J connectivity index is 3.69. The Kier molecular flexibility index (Phi) is 5.71. The Morgan fingerprint density at radius 3 is 2.46 bits per heavy atom. The summed E-state index contributed by atoms with van der Waals surface area (Å²) in [6.45, 7) is 7.82. The quantitative estimate of drug-likeness (QED) is 0.507. The van der Waals surface area contributed by atoms with Crippen molar-refractivity contribution in [3.8, 4) is 0 Å². The highest BCUT2D eigenvalue weighted by Gasteiger charge is 2.27. The maximum atomic E-state index is 11.2. The standard InChI is InChI=1S/C10H21NO2/c1-5-7-11-8-6-10(2,3)9(12)13-4/h11H,5-8H2,1-4H3. The van der Waals surface area contributed by atoms with E-state index >= 15 is 0 Å². The zero-order valence-electron chi connectivity index (χ0n) is 9.14. The molecule has 0 aromatic heterocycles. The Bertz CT molecular complexity index is 155. The molecule has 0 saturated heterocycles. The van der Waals surface area contributed by atoms with Crippen LogP contribution in [0.1, 0.15) is 33.6 Å². The highest BCUT2D eigenvalue weighted by atomic mass is 16.5. The van der Waals surface area contributed by atoms with E-state index in [0.717, 1.165) is 25.9 Å². The van der Waals surface area contributed by atoms with Gasteiger partial charge >= 0.3 is 5.97 Å². The van der Waals surface area contributed by atoms with Gasteiger partial charge in [-0.2, -0.15) is 0 Å². The van der Waals surface area contributed by atoms with E-state index in [1.54, 1.807) is 0 Å². The van der Waals surface area contributed by atoms with E-state index in [4.69, 9.17) is 4.74 Å². The van der Waals surface area contributed by atoms with Crippen LogP contribution in [0.25, 0.3) is 0 Å². The van der Waals surface area contributed by atoms with E-state index in [2.05, 4.69) is 12.2 Å². The number of esters is 1. The molecule has 0 aliphatic heterocycles. The topological polar surface area (TPSA) is 38.3 Å². The van der Waals surface area contributed by atoms with Crippen LogP contribution in [0.4, 0.5) is 0 Å². The van der Waals surface area contributed by atoms with Crippen LogP contribution in [0.5, 0.6) is 0 Å². The van der Waals surface area contributed by atoms with E-state index in [1.165, 1.54) is 7.11 Å². The van der Waals surface area contributed by atoms with Gasteiger partial charge in [0.25, 0.3) is 0 Å². The molecule has 1 N–H and O–H groups in total. The summed E-state index contributed by atoms with van der Waals surface area (Å²) in [5, 5.41) is 3.26. The Morgan fingerprint density at radius 1 is 1.38 bits per heavy atom. The molecule has 0 spiro atoms. The fourth-order valence-electron chi connectivity index (χ4n) is 1.08. The number of hydrogen-bond acceptors (Lipinski definition) is 3. The van der Waals surface area contributed by atoms with Gasteiger partial charge in [0.1, 0.15) is 0 Å². The fraction of sp³-hybridized carbons (Fsp3) is 0.900. The minimum absolute atomic E-state index is 0.134. The number of ether oxygens (including phenoxy) is 1. The lowest BCUT2D eigenvalue weighted by Gasteiger charge is -2.21. The lowest BCUT2D eigenvalue weighted by atomic mass is 9.89. The largest absolute Gasteiger partial charge is 0.469 e. The number of rotatable bonds is 6. The number of carbonyl (C=O) groups is 1. The first-order valence-electron chi connectivity index (χ1n) is 4.83. The second kappa shape index (κ2) is 5.97. The van der Waals surface area contributed by atoms with Gasteiger partial charge < -0.3 is 10.1 Å². The number of methoxy groups -OCH3 is 1. The fourth-order valence-corrected chi connectivity index (χ4v) is 1.08. The van der Waals surface area contributed by atoms with Crippen LogP contribution < -0.4 is 5.32 Å². The van der Waals surface area contributed by atoms with Crippen LogP contribution in [0.2, 0.25) is 0 Å². The molecule has 0 atom stereocenters. The minimum Gasteiger partial charge on any atom is -0.469 e. The maximum Gasteiger partial charge on any atom is 0.311 e. The zero-order chi connectivity index (χ0) is 10.3. The van der Waals surface area contributed by atoms with Crippen molar-refractivity contribution in [2.75, 3.05) is 20.2 Å². The summed E-state index contributed by atoms with van der Waals surface area (Å²) < 4.78 is 4.71. The first-order valence-corrected chi connectivity index (χ1v) is 4.83. The van der Waals surface area contributed by atoms with Crippen LogP contribution >= 0.6 is 0 Å². The van der Waals surface area contributed by atoms with Gasteiger partial charge in [0.2, 0.25) is 0 Å². The third kappa shape index (κ3) is 4.88. The van der Waals surface area contributed by atoms with E-state index in [1.807, 2.05) is 13.8 Å². The molecular formula is C10H21NO2. The summed E-state index contributed by atoms with van der Waals surface area (Å²) in [6.07, 6.45) is 1.94. The molecule has 0 aromatic carbocycles. The molecule has 0 heterocycles. The van der Waals surface area contributed by atoms with Crippen LogP contribution in [-0.4, -0.2) is 26.2 Å². The van der Waals surface area contributed by atoms with Gasteiger partial charge in [-0.1, -0.05) is 6.92 Å². The van der Waals surface area contributed by atoms with E-state index < -0.39 is 0 Å². The molecule has 0 amide bonds. The smallest absolute Gasteiger partial charge is 0.311 e. The van der Waals surface area contributed by atoms with E-state index in [9.17, 15) is 4.79 Å². The first kappa shape index (κ1) is 12.4. The monoisotopic (exact) mass is 187 g/mol. The Hall–Kier alpha value is -0.570. The zero-order valence-corrected chi connectivity index (χ0v) is 9.14. The van der Waals surface area contributed by atoms with Crippen molar-refractivity contribution in [3.63, 3.8) is 0 Å². The van der Waals surface area contributed by atoms with Crippen molar-refractivity contribution in [2.24, 2.45) is 5.41 Å². The number of carbonyl (C=O) groups excluding carboxylic acids is 1. The highest BCUT2D eigenvalue weighted by molar-refractivity contribution is 5.75. The second-order valence-corrected chi connectivity index (χ2v) is 3.88. The maximum absolute atomic E-state index is 11.2. The SMILES string of the molecule is CCCNCCC(C)(C)C(=O)OC. The predicted octanol–water partition coefficient (Wildman–Crippen LogP) is 1.58. The van der Waals surface area contributed by atoms with Crippen LogP contribution in [-0.2, 0) is 9.53 Å². The van der Waals surface area contributed by atoms with E-state index in [-0.39, 0.29) is 11.4 Å². The number of hydrogen-bond donors (Lipinski definition) is 1. The van der Waals surface area contributed by atoms with Crippen LogP contribution in [0.15, 0.2) is 0 Å². The molecule has 78 valence electrons. The lowest BCUT2D eigenvalue weighted by Crippen LogP contribution is -2.30. The molecule has 0 rings (SSSR count). The minimum atomic E-state index is -0.366. The van der Waals surface area contributed by atoms with Crippen molar-refractivity contribution in [1.82, 2.24) is 5.32 Å². The van der Waals surface area contributed by atoms with Gasteiger partial charge in [0.15, 0.2) is 0 Å². The molecule has 0 aromatic rings. The molecular weight excluding hydrogens is 166 g/mol. The lowest BCUT2D eigenvalue weighted by molar-refractivity contribution is -0.151. The Morgan fingerprint density at radius 2 is 2.00 bits per heavy atom. The summed E-state index contributed by atoms with van der Waals surface area (Å²) in [7, 11) is 1.43. The van der Waals surface area contributed by atoms with Crippen molar-refractivity contribution in [3.05, 3.63) is 0 Å². The number of nitrogens with one attached hydrogen (secondary N) is 1. The highest BCUT2D eigenvalue weighted by Crippen LogP contribution is 2.20. The third-order valence-electron chi connectivity index (χ3n) is 2.09. The molecule has 0 radical (unpaired) electrons. The summed E-state index contributed by atoms with van der Waals surface area (Å²) in [6, 6.07) is 0. The third-order valence-corrected chi connectivity index (χ3v) is 2.09. The van der Waals surface area contributed by atoms with Crippen molar-refractivity contribution in [2.45, 2.75) is 33.6 Å². The van der Waals surface area contributed by atoms with Crippen molar-refractivity contribution < 1.29 is 9.53 Å².